The molecule has 0 saturated heterocycles. The number of benzene rings is 2. The van der Waals surface area contributed by atoms with E-state index in [4.69, 9.17) is 31.9 Å². The van der Waals surface area contributed by atoms with Gasteiger partial charge in [0.25, 0.3) is 0 Å². The number of phosphoric acid groups is 2. The number of carbonyl (C=O) groups excluding carboxylic acids is 2. The van der Waals surface area contributed by atoms with Gasteiger partial charge in [-0.2, -0.15) is 0 Å². The molecule has 1 unspecified atom stereocenters. The van der Waals surface area contributed by atoms with Crippen LogP contribution in [0.2, 0.25) is 0 Å². The number of carbonyl (C=O) groups is 2. The fraction of sp³-hybridized carbons (Fsp3) is 0.500. The lowest BCUT2D eigenvalue weighted by molar-refractivity contribution is -0.120. The highest BCUT2D eigenvalue weighted by molar-refractivity contribution is 7.48. The number of fused-ring (bicyclic) bond motifs is 1. The van der Waals surface area contributed by atoms with Gasteiger partial charge in [0.05, 0.1) is 39.5 Å². The van der Waals surface area contributed by atoms with Gasteiger partial charge >= 0.3 is 15.6 Å². The molecule has 1 amide bonds. The molecule has 282 valence electrons. The summed E-state index contributed by atoms with van der Waals surface area (Å²) in [5.74, 6) is -0.813. The maximum Gasteiger partial charge on any atom is 0.475 e. The van der Waals surface area contributed by atoms with E-state index in [1.165, 1.54) is 12.1 Å². The van der Waals surface area contributed by atoms with Crippen molar-refractivity contribution in [2.24, 2.45) is 0 Å². The molecule has 0 saturated carbocycles. The second-order valence-electron chi connectivity index (χ2n) is 9.83. The Balaban J connectivity index is 0.00000379. The van der Waals surface area contributed by atoms with E-state index in [0.29, 0.717) is 11.1 Å². The van der Waals surface area contributed by atoms with Crippen molar-refractivity contribution in [1.82, 2.24) is 5.32 Å². The summed E-state index contributed by atoms with van der Waals surface area (Å²) in [6.07, 6.45) is 0.843. The number of allylic oxidation sites excluding steroid dienone is 2. The highest BCUT2D eigenvalue weighted by atomic mass is 31.2. The predicted molar refractivity (Wildman–Crippen MR) is 198 cm³/mol. The summed E-state index contributed by atoms with van der Waals surface area (Å²) < 4.78 is 72.3. The van der Waals surface area contributed by atoms with E-state index in [1.807, 2.05) is 78.7 Å². The highest BCUT2D eigenvalue weighted by Gasteiger charge is 2.34. The molecule has 0 spiro atoms. The number of hydrogen-bond donors (Lipinski definition) is 1. The number of aryl methyl sites for hydroxylation is 1. The first-order valence-electron chi connectivity index (χ1n) is 16.9. The quantitative estimate of drug-likeness (QED) is 0.147. The maximum atomic E-state index is 14.4. The summed E-state index contributed by atoms with van der Waals surface area (Å²) in [5, 5.41) is 2.76. The molecule has 1 aliphatic rings. The second-order valence-corrected chi connectivity index (χ2v) is 13.1. The van der Waals surface area contributed by atoms with Gasteiger partial charge in [-0.15, -0.1) is 0 Å². The van der Waals surface area contributed by atoms with Crippen molar-refractivity contribution in [1.29, 1.82) is 0 Å². The normalized spacial score (nSPS) is 13.6. The van der Waals surface area contributed by atoms with Crippen LogP contribution in [-0.2, 0) is 45.9 Å². The first-order valence-corrected chi connectivity index (χ1v) is 19.8. The Kier molecular flexibility index (Phi) is 23.8. The molecule has 1 atom stereocenters. The summed E-state index contributed by atoms with van der Waals surface area (Å²) in [6, 6.07) is 12.6. The first-order chi connectivity index (χ1) is 24.0. The third-order valence-electron chi connectivity index (χ3n) is 6.55. The molecule has 0 aliphatic heterocycles. The van der Waals surface area contributed by atoms with E-state index in [0.717, 1.165) is 27.8 Å². The number of nitrogens with one attached hydrogen (secondary N) is 1. The molecule has 0 heterocycles. The summed E-state index contributed by atoms with van der Waals surface area (Å²) in [5.41, 5.74) is 6.02. The smallest absolute Gasteiger partial charge is 0.353 e. The van der Waals surface area contributed by atoms with Gasteiger partial charge < -0.3 is 10.1 Å². The molecule has 0 radical (unpaired) electrons. The lowest BCUT2D eigenvalue weighted by atomic mass is 10.00. The van der Waals surface area contributed by atoms with E-state index < -0.39 is 40.1 Å². The number of hydrogen-bond acceptors (Lipinski definition) is 10. The summed E-state index contributed by atoms with van der Waals surface area (Å²) in [6.45, 7) is 20.0. The summed E-state index contributed by atoms with van der Waals surface area (Å²) in [7, 11) is -7.98. The average molecular weight is 744 g/mol. The van der Waals surface area contributed by atoms with Gasteiger partial charge in [-0.3, -0.25) is 31.9 Å². The molecule has 11 nitrogen and oxygen atoms in total. The molecule has 0 aromatic heterocycles. The molecule has 14 heteroatoms. The molecular weight excluding hydrogens is 687 g/mol. The number of amides is 1. The molecule has 0 bridgehead atoms. The highest BCUT2D eigenvalue weighted by Crippen LogP contribution is 2.52. The van der Waals surface area contributed by atoms with Gasteiger partial charge in [-0.05, 0) is 93.2 Å². The van der Waals surface area contributed by atoms with Crippen molar-refractivity contribution >= 4 is 45.6 Å². The van der Waals surface area contributed by atoms with Crippen molar-refractivity contribution in [3.8, 4) is 0 Å². The molecule has 1 aliphatic carbocycles. The Labute approximate surface area is 298 Å². The van der Waals surface area contributed by atoms with E-state index in [1.54, 1.807) is 33.8 Å². The Morgan fingerprint density at radius 1 is 0.800 bits per heavy atom. The number of halogens is 1. The van der Waals surface area contributed by atoms with Gasteiger partial charge in [0.15, 0.2) is 0 Å². The minimum absolute atomic E-state index is 0.0371. The minimum atomic E-state index is -4.04. The molecule has 3 rings (SSSR count). The predicted octanol–water partition coefficient (Wildman–Crippen LogP) is 9.60. The zero-order chi connectivity index (χ0) is 38.3. The third-order valence-corrected chi connectivity index (χ3v) is 9.87. The number of rotatable bonds is 18. The zero-order valence-electron chi connectivity index (χ0n) is 31.2. The van der Waals surface area contributed by atoms with Gasteiger partial charge in [0.2, 0.25) is 5.91 Å². The van der Waals surface area contributed by atoms with Crippen LogP contribution in [0.15, 0.2) is 48.0 Å². The lowest BCUT2D eigenvalue weighted by Crippen LogP contribution is -2.36. The van der Waals surface area contributed by atoms with Crippen LogP contribution in [0.1, 0.15) is 91.0 Å². The number of phosphoric ester groups is 2. The van der Waals surface area contributed by atoms with Gasteiger partial charge in [-0.25, -0.2) is 13.5 Å². The fourth-order valence-electron chi connectivity index (χ4n) is 4.59. The Hall–Kier alpha value is -2.79. The fourth-order valence-corrected chi connectivity index (χ4v) is 7.12. The van der Waals surface area contributed by atoms with E-state index in [-0.39, 0.29) is 39.4 Å². The van der Waals surface area contributed by atoms with Crippen molar-refractivity contribution in [2.75, 3.05) is 39.6 Å². The van der Waals surface area contributed by atoms with Crippen LogP contribution >= 0.6 is 15.6 Å². The van der Waals surface area contributed by atoms with Crippen LogP contribution in [0.3, 0.4) is 0 Å². The molecule has 0 fully saturated rings. The van der Waals surface area contributed by atoms with E-state index in [2.05, 4.69) is 5.32 Å². The lowest BCUT2D eigenvalue weighted by Gasteiger charge is -2.25. The van der Waals surface area contributed by atoms with Crippen LogP contribution in [0.5, 0.6) is 0 Å². The van der Waals surface area contributed by atoms with Crippen molar-refractivity contribution in [3.63, 3.8) is 0 Å². The molecule has 1 N–H and O–H groups in total. The average Bonchev–Trinajstić information content (AvgIpc) is 3.35. The van der Waals surface area contributed by atoms with Gasteiger partial charge in [0, 0.05) is 6.54 Å². The Morgan fingerprint density at radius 2 is 1.32 bits per heavy atom. The van der Waals surface area contributed by atoms with Crippen molar-refractivity contribution < 1.29 is 50.3 Å². The molecule has 2 aromatic rings. The van der Waals surface area contributed by atoms with Crippen molar-refractivity contribution in [2.45, 2.75) is 81.8 Å². The maximum absolute atomic E-state index is 14.4. The Bertz CT molecular complexity index is 1440. The van der Waals surface area contributed by atoms with Gasteiger partial charge in [-0.1, -0.05) is 63.6 Å². The van der Waals surface area contributed by atoms with E-state index >= 15 is 0 Å². The largest absolute Gasteiger partial charge is 0.475 e. The Morgan fingerprint density at radius 3 is 1.84 bits per heavy atom. The first kappa shape index (κ1) is 47.2. The van der Waals surface area contributed by atoms with Crippen LogP contribution in [0.4, 0.5) is 4.39 Å². The third kappa shape index (κ3) is 15.2. The summed E-state index contributed by atoms with van der Waals surface area (Å²) in [4.78, 5) is 21.3. The molecule has 2 aromatic carbocycles. The monoisotopic (exact) mass is 743 g/mol. The van der Waals surface area contributed by atoms with E-state index in [9.17, 15) is 18.3 Å². The molecular formula is C36H56FNO10P2. The summed E-state index contributed by atoms with van der Waals surface area (Å²) >= 11 is 0. The SMILES string of the molecule is C=O.CC.CC.CCOP(=O)(OCC)OCC(CNC(=O)CC1=C(C)/C(=C/c2ccc(C)cc2)c2ccc(F)cc21)OP(=O)(OCC)OCC. The van der Waals surface area contributed by atoms with Crippen LogP contribution in [0, 0.1) is 12.7 Å². The molecule has 50 heavy (non-hydrogen) atoms. The van der Waals surface area contributed by atoms with Crippen LogP contribution in [-0.4, -0.2) is 58.4 Å². The van der Waals surface area contributed by atoms with Crippen LogP contribution in [0.25, 0.3) is 17.2 Å². The zero-order valence-corrected chi connectivity index (χ0v) is 33.0. The van der Waals surface area contributed by atoms with Crippen molar-refractivity contribution in [3.05, 3.63) is 76.1 Å². The standard InChI is InChI=1S/C31H42FNO9P2.2C2H6.CH2O/c1-7-37-43(35,38-8-2)41-21-26(42-44(36,39-9-3)40-10-4)20-33-31(34)19-29-23(6)28(17-24-13-11-22(5)12-14-24)27-16-15-25(32)18-30(27)29;3*1-2/h11-18,26H,7-10,19-21H2,1-6H3,(H,33,34);2*1-2H3;1H2/b28-17-;;;. The second kappa shape index (κ2) is 25.2. The van der Waals surface area contributed by atoms with Gasteiger partial charge in [0.1, 0.15) is 18.7 Å². The topological polar surface area (TPSA) is 136 Å². The minimum Gasteiger partial charge on any atom is -0.353 e. The van der Waals surface area contributed by atoms with Crippen LogP contribution < -0.4 is 5.32 Å².